The molecule has 0 saturated carbocycles. The minimum Gasteiger partial charge on any atom is -0.360 e. The molecule has 5 heteroatoms. The van der Waals surface area contributed by atoms with E-state index in [0.717, 1.165) is 12.8 Å². The predicted octanol–water partition coefficient (Wildman–Crippen LogP) is 0.234. The minimum absolute atomic E-state index is 0.0146. The van der Waals surface area contributed by atoms with Crippen molar-refractivity contribution < 1.29 is 0 Å². The van der Waals surface area contributed by atoms with E-state index < -0.39 is 0 Å². The van der Waals surface area contributed by atoms with Gasteiger partial charge in [0.1, 0.15) is 23.9 Å². The van der Waals surface area contributed by atoms with Crippen LogP contribution in [0.25, 0.3) is 0 Å². The Hall–Kier alpha value is -2.03. The van der Waals surface area contributed by atoms with Crippen LogP contribution in [0.1, 0.15) is 12.8 Å². The second-order valence-electron chi connectivity index (χ2n) is 3.41. The molecule has 1 aliphatic rings. The lowest BCUT2D eigenvalue weighted by Gasteiger charge is -2.31. The van der Waals surface area contributed by atoms with Gasteiger partial charge in [0.2, 0.25) is 0 Å². The molecule has 0 aromatic carbocycles. The molecule has 0 spiro atoms. The Morgan fingerprint density at radius 2 is 1.87 bits per heavy atom. The second-order valence-corrected chi connectivity index (χ2v) is 3.41. The van der Waals surface area contributed by atoms with E-state index in [1.165, 1.54) is 0 Å². The van der Waals surface area contributed by atoms with Crippen LogP contribution in [-0.2, 0) is 0 Å². The average Bonchev–Trinajstić information content (AvgIpc) is 2.25. The third-order valence-electron chi connectivity index (χ3n) is 2.34. The zero-order valence-corrected chi connectivity index (χ0v) is 8.27. The lowest BCUT2D eigenvalue weighted by Crippen LogP contribution is -2.42. The first-order valence-electron chi connectivity index (χ1n) is 4.68. The largest absolute Gasteiger partial charge is 0.360 e. The maximum absolute atomic E-state index is 8.90. The monoisotopic (exact) mass is 201 g/mol. The lowest BCUT2D eigenvalue weighted by atomic mass is 10.1. The first kappa shape index (κ1) is 11.0. The van der Waals surface area contributed by atoms with Crippen molar-refractivity contribution in [2.75, 3.05) is 13.1 Å². The summed E-state index contributed by atoms with van der Waals surface area (Å²) >= 11 is 0. The molecule has 1 rings (SSSR count). The Morgan fingerprint density at radius 3 is 2.33 bits per heavy atom. The molecule has 1 aliphatic heterocycles. The van der Waals surface area contributed by atoms with Gasteiger partial charge in [-0.2, -0.15) is 15.8 Å². The van der Waals surface area contributed by atoms with Crippen molar-refractivity contribution in [3.8, 4) is 18.2 Å². The zero-order chi connectivity index (χ0) is 11.3. The Labute approximate surface area is 88.6 Å². The number of likely N-dealkylation sites (tertiary alicyclic amines) is 1. The molecule has 5 nitrogen and oxygen atoms in total. The standard InChI is InChI=1S/C10H11N5/c11-4-8(5-12)10(6-13)15-3-1-2-9(14)7-15/h9H,1-3,7,14H2. The van der Waals surface area contributed by atoms with Crippen molar-refractivity contribution in [2.45, 2.75) is 18.9 Å². The SMILES string of the molecule is N#CC(C#N)=C(C#N)N1CCCC(N)C1. The van der Waals surface area contributed by atoms with Crippen LogP contribution >= 0.6 is 0 Å². The molecule has 1 saturated heterocycles. The Balaban J connectivity index is 2.95. The third-order valence-corrected chi connectivity index (χ3v) is 2.34. The van der Waals surface area contributed by atoms with Gasteiger partial charge in [-0.05, 0) is 12.8 Å². The number of hydrogen-bond donors (Lipinski definition) is 1. The summed E-state index contributed by atoms with van der Waals surface area (Å²) in [7, 11) is 0. The molecule has 1 heterocycles. The fourth-order valence-corrected chi connectivity index (χ4v) is 1.63. The Bertz CT molecular complexity index is 374. The molecule has 0 aliphatic carbocycles. The Kier molecular flexibility index (Phi) is 3.68. The minimum atomic E-state index is -0.133. The van der Waals surface area contributed by atoms with Crippen LogP contribution in [0.5, 0.6) is 0 Å². The lowest BCUT2D eigenvalue weighted by molar-refractivity contribution is 0.267. The first-order chi connectivity index (χ1) is 7.22. The highest BCUT2D eigenvalue weighted by molar-refractivity contribution is 5.45. The molecule has 0 bridgehead atoms. The first-order valence-corrected chi connectivity index (χ1v) is 4.68. The number of allylic oxidation sites excluding steroid dienone is 2. The van der Waals surface area contributed by atoms with Crippen LogP contribution in [0.4, 0.5) is 0 Å². The van der Waals surface area contributed by atoms with Crippen LogP contribution in [0.2, 0.25) is 0 Å². The van der Waals surface area contributed by atoms with Crippen molar-refractivity contribution in [2.24, 2.45) is 5.73 Å². The van der Waals surface area contributed by atoms with Gasteiger partial charge in [-0.15, -0.1) is 0 Å². The van der Waals surface area contributed by atoms with Gasteiger partial charge in [0.05, 0.1) is 0 Å². The van der Waals surface area contributed by atoms with Crippen LogP contribution in [0.15, 0.2) is 11.3 Å². The maximum atomic E-state index is 8.90. The van der Waals surface area contributed by atoms with E-state index in [2.05, 4.69) is 0 Å². The molecule has 0 amide bonds. The van der Waals surface area contributed by atoms with E-state index in [0.29, 0.717) is 13.1 Å². The molecule has 15 heavy (non-hydrogen) atoms. The summed E-state index contributed by atoms with van der Waals surface area (Å²) < 4.78 is 0. The molecular formula is C10H11N5. The molecule has 76 valence electrons. The summed E-state index contributed by atoms with van der Waals surface area (Å²) in [6.07, 6.45) is 1.81. The zero-order valence-electron chi connectivity index (χ0n) is 8.27. The molecular weight excluding hydrogens is 190 g/mol. The number of rotatable bonds is 1. The molecule has 0 radical (unpaired) electrons. The van der Waals surface area contributed by atoms with Crippen molar-refractivity contribution in [3.63, 3.8) is 0 Å². The van der Waals surface area contributed by atoms with Crippen LogP contribution in [0, 0.1) is 34.0 Å². The van der Waals surface area contributed by atoms with Gasteiger partial charge in [-0.1, -0.05) is 0 Å². The van der Waals surface area contributed by atoms with Gasteiger partial charge in [0.25, 0.3) is 0 Å². The summed E-state index contributed by atoms with van der Waals surface area (Å²) in [4.78, 5) is 1.72. The van der Waals surface area contributed by atoms with E-state index in [9.17, 15) is 0 Å². The number of nitriles is 3. The van der Waals surface area contributed by atoms with Gasteiger partial charge < -0.3 is 10.6 Å². The topological polar surface area (TPSA) is 101 Å². The predicted molar refractivity (Wildman–Crippen MR) is 52.6 cm³/mol. The van der Waals surface area contributed by atoms with Gasteiger partial charge in [0, 0.05) is 19.1 Å². The van der Waals surface area contributed by atoms with Gasteiger partial charge >= 0.3 is 0 Å². The second kappa shape index (κ2) is 5.00. The highest BCUT2D eigenvalue weighted by Crippen LogP contribution is 2.16. The number of nitrogens with two attached hydrogens (primary N) is 1. The van der Waals surface area contributed by atoms with E-state index in [4.69, 9.17) is 21.5 Å². The van der Waals surface area contributed by atoms with E-state index >= 15 is 0 Å². The molecule has 1 fully saturated rings. The summed E-state index contributed by atoms with van der Waals surface area (Å²) in [5.41, 5.74) is 5.78. The molecule has 1 unspecified atom stereocenters. The summed E-state index contributed by atoms with van der Waals surface area (Å²) in [5, 5.41) is 26.3. The molecule has 0 aromatic heterocycles. The molecule has 0 aromatic rings. The number of hydrogen-bond acceptors (Lipinski definition) is 5. The Morgan fingerprint density at radius 1 is 1.20 bits per heavy atom. The van der Waals surface area contributed by atoms with Crippen molar-refractivity contribution in [3.05, 3.63) is 11.3 Å². The van der Waals surface area contributed by atoms with Gasteiger partial charge in [-0.3, -0.25) is 0 Å². The van der Waals surface area contributed by atoms with Crippen molar-refractivity contribution in [1.82, 2.24) is 4.90 Å². The fraction of sp³-hybridized carbons (Fsp3) is 0.500. The number of nitrogens with zero attached hydrogens (tertiary/aromatic N) is 4. The number of piperidine rings is 1. The highest BCUT2D eigenvalue weighted by atomic mass is 15.2. The average molecular weight is 201 g/mol. The van der Waals surface area contributed by atoms with Crippen LogP contribution in [-0.4, -0.2) is 24.0 Å². The highest BCUT2D eigenvalue weighted by Gasteiger charge is 2.21. The van der Waals surface area contributed by atoms with Crippen LogP contribution in [0.3, 0.4) is 0 Å². The summed E-state index contributed by atoms with van der Waals surface area (Å²) in [6.45, 7) is 1.22. The quantitative estimate of drug-likeness (QED) is 0.612. The van der Waals surface area contributed by atoms with E-state index in [-0.39, 0.29) is 17.3 Å². The third kappa shape index (κ3) is 2.47. The van der Waals surface area contributed by atoms with E-state index in [1.807, 2.05) is 6.07 Å². The van der Waals surface area contributed by atoms with Crippen molar-refractivity contribution in [1.29, 1.82) is 15.8 Å². The smallest absolute Gasteiger partial charge is 0.163 e. The van der Waals surface area contributed by atoms with E-state index in [1.54, 1.807) is 17.0 Å². The maximum Gasteiger partial charge on any atom is 0.163 e. The summed E-state index contributed by atoms with van der Waals surface area (Å²) in [5.74, 6) is 0. The summed E-state index contributed by atoms with van der Waals surface area (Å²) in [6, 6.07) is 5.37. The van der Waals surface area contributed by atoms with Gasteiger partial charge in [-0.25, -0.2) is 0 Å². The molecule has 2 N–H and O–H groups in total. The van der Waals surface area contributed by atoms with Gasteiger partial charge in [0.15, 0.2) is 5.57 Å². The van der Waals surface area contributed by atoms with Crippen LogP contribution < -0.4 is 5.73 Å². The fourth-order valence-electron chi connectivity index (χ4n) is 1.63. The van der Waals surface area contributed by atoms with Crippen molar-refractivity contribution >= 4 is 0 Å². The normalized spacial score (nSPS) is 19.6. The molecule has 1 atom stereocenters.